The molecule has 140 valence electrons. The fourth-order valence-electron chi connectivity index (χ4n) is 2.56. The molecule has 0 saturated heterocycles. The summed E-state index contributed by atoms with van der Waals surface area (Å²) in [4.78, 5) is 29.5. The molecular formula is C19H18ClN3O3S. The predicted molar refractivity (Wildman–Crippen MR) is 109 cm³/mol. The van der Waals surface area contributed by atoms with Crippen LogP contribution in [0.2, 0.25) is 5.02 Å². The Morgan fingerprint density at radius 1 is 1.19 bits per heavy atom. The van der Waals surface area contributed by atoms with E-state index in [1.54, 1.807) is 42.5 Å². The number of hydrogen-bond donors (Lipinski definition) is 2. The number of nitrogens with one attached hydrogen (secondary N) is 1. The van der Waals surface area contributed by atoms with Crippen molar-refractivity contribution in [3.8, 4) is 0 Å². The van der Waals surface area contributed by atoms with Gasteiger partial charge in [-0.1, -0.05) is 47.6 Å². The maximum atomic E-state index is 12.7. The number of nitrogens with zero attached hydrogens (tertiary/aromatic N) is 2. The number of thioether (sulfide) groups is 1. The monoisotopic (exact) mass is 403 g/mol. The Balaban J connectivity index is 1.81. The zero-order valence-corrected chi connectivity index (χ0v) is 16.0. The summed E-state index contributed by atoms with van der Waals surface area (Å²) in [6.45, 7) is 0.304. The van der Waals surface area contributed by atoms with E-state index in [9.17, 15) is 9.59 Å². The summed E-state index contributed by atoms with van der Waals surface area (Å²) < 4.78 is 1.51. The van der Waals surface area contributed by atoms with Crippen LogP contribution in [0.5, 0.6) is 0 Å². The van der Waals surface area contributed by atoms with Gasteiger partial charge in [-0.2, -0.15) is 0 Å². The van der Waals surface area contributed by atoms with E-state index in [1.807, 2.05) is 6.07 Å². The van der Waals surface area contributed by atoms with Gasteiger partial charge < -0.3 is 10.4 Å². The van der Waals surface area contributed by atoms with Crippen LogP contribution in [-0.2, 0) is 11.3 Å². The van der Waals surface area contributed by atoms with Crippen LogP contribution in [0.25, 0.3) is 10.9 Å². The zero-order chi connectivity index (χ0) is 19.2. The summed E-state index contributed by atoms with van der Waals surface area (Å²) in [5.41, 5.74) is 0.939. The molecule has 0 unspecified atom stereocenters. The number of aromatic nitrogens is 2. The lowest BCUT2D eigenvalue weighted by Crippen LogP contribution is -2.24. The van der Waals surface area contributed by atoms with Crippen LogP contribution in [-0.4, -0.2) is 32.9 Å². The first-order valence-corrected chi connectivity index (χ1v) is 9.74. The number of para-hydroxylation sites is 2. The van der Waals surface area contributed by atoms with Crippen LogP contribution in [0.1, 0.15) is 6.42 Å². The highest BCUT2D eigenvalue weighted by molar-refractivity contribution is 7.99. The van der Waals surface area contributed by atoms with E-state index in [2.05, 4.69) is 10.3 Å². The Morgan fingerprint density at radius 3 is 2.70 bits per heavy atom. The highest BCUT2D eigenvalue weighted by Crippen LogP contribution is 2.22. The summed E-state index contributed by atoms with van der Waals surface area (Å²) in [5, 5.41) is 13.3. The molecule has 1 heterocycles. The van der Waals surface area contributed by atoms with E-state index < -0.39 is 0 Å². The Bertz CT molecular complexity index is 1020. The van der Waals surface area contributed by atoms with Gasteiger partial charge >= 0.3 is 0 Å². The first kappa shape index (κ1) is 19.4. The van der Waals surface area contributed by atoms with Crippen molar-refractivity contribution in [1.29, 1.82) is 0 Å². The summed E-state index contributed by atoms with van der Waals surface area (Å²) in [5.74, 6) is -0.168. The third-order valence-corrected chi connectivity index (χ3v) is 5.15. The van der Waals surface area contributed by atoms with E-state index in [0.717, 1.165) is 0 Å². The molecule has 0 aliphatic rings. The molecule has 0 atom stereocenters. The molecule has 27 heavy (non-hydrogen) atoms. The normalized spacial score (nSPS) is 10.9. The van der Waals surface area contributed by atoms with Crippen LogP contribution in [0.3, 0.4) is 0 Å². The van der Waals surface area contributed by atoms with Gasteiger partial charge in [-0.25, -0.2) is 4.98 Å². The van der Waals surface area contributed by atoms with E-state index in [4.69, 9.17) is 16.7 Å². The molecule has 6 nitrogen and oxygen atoms in total. The van der Waals surface area contributed by atoms with Crippen molar-refractivity contribution in [2.24, 2.45) is 0 Å². The number of anilines is 1. The van der Waals surface area contributed by atoms with Crippen LogP contribution in [0, 0.1) is 0 Å². The van der Waals surface area contributed by atoms with Gasteiger partial charge in [0, 0.05) is 13.2 Å². The second kappa shape index (κ2) is 9.03. The summed E-state index contributed by atoms with van der Waals surface area (Å²) in [6.07, 6.45) is 0.430. The average Bonchev–Trinajstić information content (AvgIpc) is 2.68. The highest BCUT2D eigenvalue weighted by atomic mass is 35.5. The minimum absolute atomic E-state index is 0.0314. The third kappa shape index (κ3) is 4.68. The number of rotatable bonds is 7. The molecule has 3 rings (SSSR count). The number of carbonyl (C=O) groups excluding carboxylic acids is 1. The molecular weight excluding hydrogens is 386 g/mol. The molecule has 0 fully saturated rings. The molecule has 0 aliphatic heterocycles. The SMILES string of the molecule is O=C(CSc1nc2ccccc2c(=O)n1CCCO)Nc1ccccc1Cl. The fourth-order valence-corrected chi connectivity index (χ4v) is 3.57. The van der Waals surface area contributed by atoms with Gasteiger partial charge in [-0.15, -0.1) is 0 Å². The van der Waals surface area contributed by atoms with E-state index >= 15 is 0 Å². The topological polar surface area (TPSA) is 84.2 Å². The number of carbonyl (C=O) groups is 1. The predicted octanol–water partition coefficient (Wildman–Crippen LogP) is 3.16. The van der Waals surface area contributed by atoms with Gasteiger partial charge in [0.05, 0.1) is 27.4 Å². The molecule has 0 radical (unpaired) electrons. The number of halogens is 1. The molecule has 1 aromatic heterocycles. The Hall–Kier alpha value is -2.35. The lowest BCUT2D eigenvalue weighted by Gasteiger charge is -2.13. The molecule has 2 aromatic carbocycles. The molecule has 0 spiro atoms. The van der Waals surface area contributed by atoms with Crippen molar-refractivity contribution < 1.29 is 9.90 Å². The van der Waals surface area contributed by atoms with Gasteiger partial charge in [0.1, 0.15) is 0 Å². The van der Waals surface area contributed by atoms with Gasteiger partial charge in [-0.05, 0) is 30.7 Å². The molecule has 2 N–H and O–H groups in total. The van der Waals surface area contributed by atoms with Crippen LogP contribution in [0.15, 0.2) is 58.5 Å². The average molecular weight is 404 g/mol. The van der Waals surface area contributed by atoms with E-state index in [-0.39, 0.29) is 23.8 Å². The fraction of sp³-hybridized carbons (Fsp3) is 0.211. The first-order valence-electron chi connectivity index (χ1n) is 8.38. The van der Waals surface area contributed by atoms with Crippen molar-refractivity contribution in [3.05, 3.63) is 63.9 Å². The molecule has 0 aliphatic carbocycles. The van der Waals surface area contributed by atoms with Crippen molar-refractivity contribution in [1.82, 2.24) is 9.55 Å². The number of aliphatic hydroxyl groups is 1. The first-order chi connectivity index (χ1) is 13.1. The molecule has 8 heteroatoms. The molecule has 0 bridgehead atoms. The number of amides is 1. The molecule has 1 amide bonds. The second-order valence-corrected chi connectivity index (χ2v) is 7.11. The number of aliphatic hydroxyl groups excluding tert-OH is 1. The van der Waals surface area contributed by atoms with Crippen molar-refractivity contribution in [3.63, 3.8) is 0 Å². The van der Waals surface area contributed by atoms with Crippen LogP contribution >= 0.6 is 23.4 Å². The number of fused-ring (bicyclic) bond motifs is 1. The second-order valence-electron chi connectivity index (χ2n) is 5.76. The van der Waals surface area contributed by atoms with Crippen molar-refractivity contribution in [2.75, 3.05) is 17.7 Å². The summed E-state index contributed by atoms with van der Waals surface area (Å²) in [7, 11) is 0. The number of hydrogen-bond acceptors (Lipinski definition) is 5. The third-order valence-electron chi connectivity index (χ3n) is 3.85. The maximum absolute atomic E-state index is 12.7. The summed E-state index contributed by atoms with van der Waals surface area (Å²) in [6, 6.07) is 14.1. The zero-order valence-electron chi connectivity index (χ0n) is 14.4. The van der Waals surface area contributed by atoms with Gasteiger partial charge in [0.25, 0.3) is 5.56 Å². The van der Waals surface area contributed by atoms with Gasteiger partial charge in [0.15, 0.2) is 5.16 Å². The van der Waals surface area contributed by atoms with Crippen LogP contribution < -0.4 is 10.9 Å². The Labute approximate surface area is 165 Å². The van der Waals surface area contributed by atoms with Gasteiger partial charge in [0.2, 0.25) is 5.91 Å². The smallest absolute Gasteiger partial charge is 0.262 e. The van der Waals surface area contributed by atoms with Gasteiger partial charge in [-0.3, -0.25) is 14.2 Å². The highest BCUT2D eigenvalue weighted by Gasteiger charge is 2.13. The summed E-state index contributed by atoms with van der Waals surface area (Å²) >= 11 is 7.23. The molecule has 0 saturated carbocycles. The van der Waals surface area contributed by atoms with E-state index in [1.165, 1.54) is 16.3 Å². The lowest BCUT2D eigenvalue weighted by atomic mass is 10.2. The standard InChI is InChI=1S/C19H18ClN3O3S/c20-14-7-2-4-9-16(14)21-17(25)12-27-19-22-15-8-3-1-6-13(15)18(26)23(19)10-5-11-24/h1-4,6-9,24H,5,10-12H2,(H,21,25). The Kier molecular flexibility index (Phi) is 6.49. The Morgan fingerprint density at radius 2 is 1.93 bits per heavy atom. The largest absolute Gasteiger partial charge is 0.396 e. The lowest BCUT2D eigenvalue weighted by molar-refractivity contribution is -0.113. The maximum Gasteiger partial charge on any atom is 0.262 e. The number of benzene rings is 2. The minimum Gasteiger partial charge on any atom is -0.396 e. The van der Waals surface area contributed by atoms with Crippen molar-refractivity contribution in [2.45, 2.75) is 18.1 Å². The van der Waals surface area contributed by atoms with Crippen molar-refractivity contribution >= 4 is 45.9 Å². The minimum atomic E-state index is -0.246. The quantitative estimate of drug-likeness (QED) is 0.467. The molecule has 3 aromatic rings. The van der Waals surface area contributed by atoms with E-state index in [0.29, 0.717) is 39.7 Å². The van der Waals surface area contributed by atoms with Crippen LogP contribution in [0.4, 0.5) is 5.69 Å².